The summed E-state index contributed by atoms with van der Waals surface area (Å²) in [5.41, 5.74) is 2.14. The summed E-state index contributed by atoms with van der Waals surface area (Å²) in [6, 6.07) is 0. The van der Waals surface area contributed by atoms with Crippen LogP contribution >= 0.6 is 0 Å². The van der Waals surface area contributed by atoms with Gasteiger partial charge in [0.1, 0.15) is 5.75 Å². The van der Waals surface area contributed by atoms with Crippen LogP contribution in [0.2, 0.25) is 0 Å². The van der Waals surface area contributed by atoms with E-state index in [1.165, 1.54) is 0 Å². The number of aliphatic hydroxyl groups is 1. The first kappa shape index (κ1) is 13.3. The molecule has 0 radical (unpaired) electrons. The molecular weight excluding hydrogens is 230 g/mol. The van der Waals surface area contributed by atoms with Crippen molar-refractivity contribution in [3.05, 3.63) is 23.0 Å². The Morgan fingerprint density at radius 1 is 1.50 bits per heavy atom. The Morgan fingerprint density at radius 2 is 2.28 bits per heavy atom. The third-order valence-corrected chi connectivity index (χ3v) is 3.55. The molecule has 1 unspecified atom stereocenters. The van der Waals surface area contributed by atoms with Crippen LogP contribution < -0.4 is 4.74 Å². The van der Waals surface area contributed by atoms with Gasteiger partial charge in [-0.2, -0.15) is 0 Å². The highest BCUT2D eigenvalue weighted by Gasteiger charge is 2.31. The number of pyridine rings is 1. The van der Waals surface area contributed by atoms with Crippen LogP contribution in [0.1, 0.15) is 29.7 Å². The van der Waals surface area contributed by atoms with Crippen LogP contribution in [0.25, 0.3) is 0 Å². The molecule has 100 valence electrons. The molecule has 0 aliphatic carbocycles. The van der Waals surface area contributed by atoms with Gasteiger partial charge in [-0.15, -0.1) is 0 Å². The Hall–Kier alpha value is -1.13. The van der Waals surface area contributed by atoms with Crippen molar-refractivity contribution >= 4 is 0 Å². The van der Waals surface area contributed by atoms with Crippen molar-refractivity contribution in [2.24, 2.45) is 0 Å². The number of nitrogens with zero attached hydrogens (tertiary/aromatic N) is 1. The van der Waals surface area contributed by atoms with E-state index in [-0.39, 0.29) is 0 Å². The van der Waals surface area contributed by atoms with Crippen LogP contribution in [0.5, 0.6) is 5.75 Å². The molecule has 1 saturated heterocycles. The molecule has 0 amide bonds. The molecule has 2 heterocycles. The Balaban J connectivity index is 2.23. The number of aryl methyl sites for hydroxylation is 1. The van der Waals surface area contributed by atoms with Gasteiger partial charge in [-0.3, -0.25) is 4.98 Å². The average molecular weight is 251 g/mol. The lowest BCUT2D eigenvalue weighted by atomic mass is 9.90. The maximum atomic E-state index is 10.5. The number of ether oxygens (including phenoxy) is 2. The van der Waals surface area contributed by atoms with Crippen LogP contribution in [-0.2, 0) is 11.2 Å². The summed E-state index contributed by atoms with van der Waals surface area (Å²) < 4.78 is 10.8. The molecule has 1 aromatic heterocycles. The van der Waals surface area contributed by atoms with Crippen molar-refractivity contribution in [2.75, 3.05) is 20.3 Å². The first-order chi connectivity index (χ1) is 8.56. The number of aromatic nitrogens is 1. The zero-order valence-corrected chi connectivity index (χ0v) is 11.3. The van der Waals surface area contributed by atoms with Gasteiger partial charge in [0, 0.05) is 36.0 Å². The Bertz CT molecular complexity index is 425. The van der Waals surface area contributed by atoms with Crippen LogP contribution in [0.3, 0.4) is 0 Å². The minimum Gasteiger partial charge on any atom is -0.496 e. The van der Waals surface area contributed by atoms with Gasteiger partial charge in [-0.05, 0) is 26.7 Å². The van der Waals surface area contributed by atoms with Crippen molar-refractivity contribution in [3.8, 4) is 5.75 Å². The van der Waals surface area contributed by atoms with E-state index in [1.807, 2.05) is 13.8 Å². The van der Waals surface area contributed by atoms with Gasteiger partial charge in [0.15, 0.2) is 0 Å². The third-order valence-electron chi connectivity index (χ3n) is 3.55. The zero-order valence-electron chi connectivity index (χ0n) is 11.3. The van der Waals surface area contributed by atoms with E-state index >= 15 is 0 Å². The predicted octanol–water partition coefficient (Wildman–Crippen LogP) is 1.79. The van der Waals surface area contributed by atoms with Crippen LogP contribution in [0.15, 0.2) is 6.20 Å². The second-order valence-electron chi connectivity index (χ2n) is 5.10. The minimum absolute atomic E-state index is 0.393. The van der Waals surface area contributed by atoms with Crippen molar-refractivity contribution in [2.45, 2.75) is 38.7 Å². The van der Waals surface area contributed by atoms with E-state index < -0.39 is 5.60 Å². The summed E-state index contributed by atoms with van der Waals surface area (Å²) in [5.74, 6) is 0.861. The summed E-state index contributed by atoms with van der Waals surface area (Å²) in [4.78, 5) is 4.43. The van der Waals surface area contributed by atoms with E-state index in [9.17, 15) is 5.11 Å². The Labute approximate surface area is 108 Å². The zero-order chi connectivity index (χ0) is 13.2. The van der Waals surface area contributed by atoms with Crippen molar-refractivity contribution < 1.29 is 14.6 Å². The fourth-order valence-electron chi connectivity index (χ4n) is 2.54. The number of rotatable bonds is 3. The minimum atomic E-state index is -0.781. The second kappa shape index (κ2) is 5.24. The van der Waals surface area contributed by atoms with Gasteiger partial charge in [0.05, 0.1) is 19.3 Å². The van der Waals surface area contributed by atoms with Gasteiger partial charge < -0.3 is 14.6 Å². The molecule has 0 bridgehead atoms. The van der Waals surface area contributed by atoms with Crippen molar-refractivity contribution in [1.82, 2.24) is 4.98 Å². The maximum Gasteiger partial charge on any atom is 0.128 e. The lowest BCUT2D eigenvalue weighted by Crippen LogP contribution is -2.41. The monoisotopic (exact) mass is 251 g/mol. The van der Waals surface area contributed by atoms with Crippen molar-refractivity contribution in [3.63, 3.8) is 0 Å². The molecule has 0 aromatic carbocycles. The summed E-state index contributed by atoms with van der Waals surface area (Å²) >= 11 is 0. The Kier molecular flexibility index (Phi) is 3.88. The van der Waals surface area contributed by atoms with E-state index in [2.05, 4.69) is 4.98 Å². The SMILES string of the molecule is COc1c(C)cnc(CC2(O)CCCOC2)c1C. The summed E-state index contributed by atoms with van der Waals surface area (Å²) in [6.07, 6.45) is 3.99. The molecule has 4 nitrogen and oxygen atoms in total. The molecule has 0 spiro atoms. The van der Waals surface area contributed by atoms with Gasteiger partial charge in [-0.1, -0.05) is 0 Å². The molecule has 1 atom stereocenters. The first-order valence-electron chi connectivity index (χ1n) is 6.35. The lowest BCUT2D eigenvalue weighted by molar-refractivity contribution is -0.0850. The number of hydrogen-bond donors (Lipinski definition) is 1. The molecule has 1 aliphatic rings. The average Bonchev–Trinajstić information content (AvgIpc) is 2.34. The second-order valence-corrected chi connectivity index (χ2v) is 5.10. The topological polar surface area (TPSA) is 51.6 Å². The van der Waals surface area contributed by atoms with E-state index in [1.54, 1.807) is 13.3 Å². The standard InChI is InChI=1S/C14H21NO3/c1-10-8-15-12(11(2)13(10)17-3)7-14(16)5-4-6-18-9-14/h8,16H,4-7,9H2,1-3H3. The largest absolute Gasteiger partial charge is 0.496 e. The predicted molar refractivity (Wildman–Crippen MR) is 69.0 cm³/mol. The highest BCUT2D eigenvalue weighted by molar-refractivity contribution is 5.41. The summed E-state index contributed by atoms with van der Waals surface area (Å²) in [7, 11) is 1.66. The first-order valence-corrected chi connectivity index (χ1v) is 6.35. The Morgan fingerprint density at radius 3 is 2.89 bits per heavy atom. The van der Waals surface area contributed by atoms with Gasteiger partial charge in [0.25, 0.3) is 0 Å². The van der Waals surface area contributed by atoms with Gasteiger partial charge >= 0.3 is 0 Å². The van der Waals surface area contributed by atoms with E-state index in [0.717, 1.165) is 42.0 Å². The molecule has 0 saturated carbocycles. The number of hydrogen-bond acceptors (Lipinski definition) is 4. The molecule has 1 aliphatic heterocycles. The molecule has 18 heavy (non-hydrogen) atoms. The third kappa shape index (κ3) is 2.65. The van der Waals surface area contributed by atoms with Crippen LogP contribution in [-0.4, -0.2) is 36.0 Å². The van der Waals surface area contributed by atoms with Gasteiger partial charge in [-0.25, -0.2) is 0 Å². The normalized spacial score (nSPS) is 24.0. The summed E-state index contributed by atoms with van der Waals surface area (Å²) in [6.45, 7) is 5.10. The molecule has 2 rings (SSSR count). The molecule has 1 aromatic rings. The number of methoxy groups -OCH3 is 1. The fourth-order valence-corrected chi connectivity index (χ4v) is 2.54. The molecule has 1 fully saturated rings. The highest BCUT2D eigenvalue weighted by Crippen LogP contribution is 2.29. The quantitative estimate of drug-likeness (QED) is 0.890. The smallest absolute Gasteiger partial charge is 0.128 e. The maximum absolute atomic E-state index is 10.5. The van der Waals surface area contributed by atoms with E-state index in [4.69, 9.17) is 9.47 Å². The lowest BCUT2D eigenvalue weighted by Gasteiger charge is -2.32. The van der Waals surface area contributed by atoms with Crippen LogP contribution in [0.4, 0.5) is 0 Å². The highest BCUT2D eigenvalue weighted by atomic mass is 16.5. The van der Waals surface area contributed by atoms with Crippen molar-refractivity contribution in [1.29, 1.82) is 0 Å². The summed E-state index contributed by atoms with van der Waals surface area (Å²) in [5, 5.41) is 10.5. The molecule has 1 N–H and O–H groups in total. The molecule has 4 heteroatoms. The fraction of sp³-hybridized carbons (Fsp3) is 0.643. The van der Waals surface area contributed by atoms with E-state index in [0.29, 0.717) is 13.0 Å². The van der Waals surface area contributed by atoms with Crippen LogP contribution in [0, 0.1) is 13.8 Å². The molecular formula is C14H21NO3. The van der Waals surface area contributed by atoms with Gasteiger partial charge in [0.2, 0.25) is 0 Å².